The summed E-state index contributed by atoms with van der Waals surface area (Å²) in [5, 5.41) is 7.16. The van der Waals surface area contributed by atoms with Gasteiger partial charge in [0, 0.05) is 91.1 Å². The zero-order valence-corrected chi connectivity index (χ0v) is 58.7. The molecule has 3 aromatic heterocycles. The molecule has 0 aliphatic rings. The van der Waals surface area contributed by atoms with Crippen molar-refractivity contribution < 1.29 is 38.2 Å². The van der Waals surface area contributed by atoms with Gasteiger partial charge in [-0.1, -0.05) is 121 Å². The number of para-hydroxylation sites is 3. The summed E-state index contributed by atoms with van der Waals surface area (Å²) in [5.41, 5.74) is 8.53. The number of nitrogens with two attached hydrogens (primary N) is 1. The number of esters is 3. The molecule has 1 amide bonds. The smallest absolute Gasteiger partial charge is 0.359 e. The Morgan fingerprint density at radius 3 is 1.03 bits per heavy atom. The maximum absolute atomic E-state index is 13.3. The third-order valence-electron chi connectivity index (χ3n) is 12.4. The second kappa shape index (κ2) is 33.2. The fourth-order valence-electron chi connectivity index (χ4n) is 8.48. The molecule has 0 unspecified atom stereocenters. The average molecular weight is 1390 g/mol. The van der Waals surface area contributed by atoms with Crippen LogP contribution in [0.1, 0.15) is 127 Å². The largest absolute Gasteiger partial charge is 0.455 e. The Balaban J connectivity index is 0.000000242. The van der Waals surface area contributed by atoms with Gasteiger partial charge in [0.1, 0.15) is 21.8 Å². The third-order valence-corrected chi connectivity index (χ3v) is 13.7. The Hall–Kier alpha value is -9.25. The average Bonchev–Trinajstić information content (AvgIpc) is 1.65. The molecule has 9 rings (SSSR count). The zero-order valence-electron chi connectivity index (χ0n) is 54.9. The minimum atomic E-state index is -0.724. The molecular formula is C70H80Cl4N12O8S. The van der Waals surface area contributed by atoms with Gasteiger partial charge in [0.25, 0.3) is 11.1 Å². The number of anilines is 6. The first kappa shape index (κ1) is 76.5. The van der Waals surface area contributed by atoms with Gasteiger partial charge in [-0.2, -0.15) is 15.0 Å². The molecule has 3 heterocycles. The molecule has 0 spiro atoms. The second-order valence-corrected chi connectivity index (χ2v) is 26.3. The topological polar surface area (TPSA) is 226 Å². The summed E-state index contributed by atoms with van der Waals surface area (Å²) in [6.07, 6.45) is 0. The van der Waals surface area contributed by atoms with Gasteiger partial charge in [-0.25, -0.2) is 14.4 Å². The van der Waals surface area contributed by atoms with Crippen LogP contribution in [0.4, 0.5) is 35.3 Å². The van der Waals surface area contributed by atoms with Crippen molar-refractivity contribution in [2.45, 2.75) is 86.5 Å². The lowest BCUT2D eigenvalue weighted by molar-refractivity contribution is 0.00493. The summed E-state index contributed by atoms with van der Waals surface area (Å²) in [4.78, 5) is 81.7. The van der Waals surface area contributed by atoms with Crippen LogP contribution in [-0.2, 0) is 14.2 Å². The highest BCUT2D eigenvalue weighted by Gasteiger charge is 2.33. The van der Waals surface area contributed by atoms with Crippen LogP contribution in [0.3, 0.4) is 0 Å². The number of hydrogen-bond acceptors (Lipinski definition) is 16. The number of thiocarbonyl (C=S) groups is 1. The molecule has 9 aromatic rings. The number of aromatic nitrogens is 6. The first-order valence-electron chi connectivity index (χ1n) is 29.1. The van der Waals surface area contributed by atoms with Crippen molar-refractivity contribution in [1.82, 2.24) is 28.7 Å². The highest BCUT2D eigenvalue weighted by Crippen LogP contribution is 2.33. The molecule has 0 aliphatic heterocycles. The van der Waals surface area contributed by atoms with Gasteiger partial charge in [-0.15, -0.1) is 0 Å². The molecule has 95 heavy (non-hydrogen) atoms. The minimum Gasteiger partial charge on any atom is -0.455 e. The number of carbonyl (C=O) groups is 5. The van der Waals surface area contributed by atoms with Gasteiger partial charge in [-0.3, -0.25) is 23.3 Å². The highest BCUT2D eigenvalue weighted by molar-refractivity contribution is 7.81. The molecular weight excluding hydrogens is 1310 g/mol. The molecule has 25 heteroatoms. The van der Waals surface area contributed by atoms with Crippen LogP contribution >= 0.6 is 58.6 Å². The van der Waals surface area contributed by atoms with E-state index < -0.39 is 45.9 Å². The van der Waals surface area contributed by atoms with Crippen molar-refractivity contribution >= 4 is 128 Å². The Kier molecular flexibility index (Phi) is 26.7. The number of hydrogen-bond donors (Lipinski definition) is 3. The molecule has 6 aromatic carbocycles. The Morgan fingerprint density at radius 1 is 0.432 bits per heavy atom. The molecule has 4 N–H and O–H groups in total. The fourth-order valence-corrected chi connectivity index (χ4v) is 9.21. The third kappa shape index (κ3) is 21.6. The number of benzene rings is 6. The number of nitrogen functional groups attached to an aromatic ring is 1. The van der Waals surface area contributed by atoms with Crippen LogP contribution in [0.25, 0.3) is 17.1 Å². The molecule has 0 fully saturated rings. The number of rotatable bonds is 14. The first-order chi connectivity index (χ1) is 44.0. The Bertz CT molecular complexity index is 3910. The van der Waals surface area contributed by atoms with Crippen molar-refractivity contribution in [1.29, 1.82) is 0 Å². The lowest BCUT2D eigenvalue weighted by Gasteiger charge is -2.21. The number of amides is 1. The molecule has 20 nitrogen and oxygen atoms in total. The number of ether oxygens (including phenoxy) is 3. The van der Waals surface area contributed by atoms with Crippen LogP contribution in [0, 0.1) is 0 Å². The number of nitrogens with zero attached hydrogens (tertiary/aromatic N) is 9. The SMILES string of the molecule is C.CN(C)c1nc(N)c(C(=O)OC(C)(C)C)n1-c1ccccc1.CN(C)c1nc(NC(=O)c2ccc(Cl)cc2)c(C(=O)OC(C)(C)C)n1-c1ccccc1.CN(C)c1nc(NC(=S)c2ccc(Cl)cc2)c(C(=O)OC(C)(C)C)n1-c1ccccc1.O=C(Cl)c1ccc(Cl)cc1. The number of imidazole rings is 3. The van der Waals surface area contributed by atoms with E-state index in [1.807, 2.05) is 192 Å². The van der Waals surface area contributed by atoms with Gasteiger partial charge < -0.3 is 45.3 Å². The lowest BCUT2D eigenvalue weighted by Crippen LogP contribution is -2.27. The van der Waals surface area contributed by atoms with Gasteiger partial charge in [0.2, 0.25) is 17.8 Å². The van der Waals surface area contributed by atoms with Crippen molar-refractivity contribution in [3.05, 3.63) is 213 Å². The predicted molar refractivity (Wildman–Crippen MR) is 388 cm³/mol. The van der Waals surface area contributed by atoms with E-state index >= 15 is 0 Å². The first-order valence-corrected chi connectivity index (χ1v) is 31.1. The van der Waals surface area contributed by atoms with Gasteiger partial charge in [0.15, 0.2) is 34.5 Å². The summed E-state index contributed by atoms with van der Waals surface area (Å²) >= 11 is 28.2. The van der Waals surface area contributed by atoms with Gasteiger partial charge in [-0.05, 0) is 171 Å². The molecule has 502 valence electrons. The predicted octanol–water partition coefficient (Wildman–Crippen LogP) is 16.0. The number of halogens is 4. The zero-order chi connectivity index (χ0) is 69.6. The van der Waals surface area contributed by atoms with Crippen molar-refractivity contribution in [2.75, 3.05) is 73.4 Å². The van der Waals surface area contributed by atoms with Crippen LogP contribution in [0.15, 0.2) is 164 Å². The summed E-state index contributed by atoms with van der Waals surface area (Å²) in [7, 11) is 11.0. The molecule has 0 bridgehead atoms. The van der Waals surface area contributed by atoms with Gasteiger partial charge in [0.05, 0.1) is 0 Å². The van der Waals surface area contributed by atoms with Crippen LogP contribution in [0.2, 0.25) is 15.1 Å². The monoisotopic (exact) mass is 1390 g/mol. The maximum Gasteiger partial charge on any atom is 0.359 e. The second-order valence-electron chi connectivity index (χ2n) is 24.3. The van der Waals surface area contributed by atoms with Crippen LogP contribution in [0.5, 0.6) is 0 Å². The molecule has 0 aliphatic carbocycles. The lowest BCUT2D eigenvalue weighted by atomic mass is 10.2. The summed E-state index contributed by atoms with van der Waals surface area (Å²) in [6.45, 7) is 16.3. The Labute approximate surface area is 580 Å². The highest BCUT2D eigenvalue weighted by atomic mass is 35.5. The van der Waals surface area contributed by atoms with E-state index in [1.165, 1.54) is 0 Å². The molecule has 0 saturated carbocycles. The van der Waals surface area contributed by atoms with E-state index in [9.17, 15) is 24.0 Å². The number of nitrogens with one attached hydrogen (secondary N) is 2. The van der Waals surface area contributed by atoms with E-state index in [0.29, 0.717) is 60.5 Å². The van der Waals surface area contributed by atoms with E-state index in [1.54, 1.807) is 105 Å². The standard InChI is InChI=1S/C23H25ClN4O3.C23H25ClN4O2S.C16H22N4O2.C7H4Cl2O.CH4/c1-23(2,3)31-21(30)18-19(25-20(29)15-11-13-16(24)14-12-15)26-22(27(4)5)28(18)17-9-7-6-8-10-17;1-23(2,3)30-21(29)18-19(25-20(31)15-11-13-16(24)14-12-15)26-22(27(4)5)28(18)17-9-7-6-8-10-17;1-16(2,3)22-14(21)12-13(17)18-15(19(4)5)20(12)11-9-7-6-8-10-11;8-6-3-1-5(2-4-6)7(9)10;/h6-14H,1-5H3,(H,25,29);6-14H,1-5H3,(H,25,31);6-10H,17H2,1-5H3;1-4H;1H4. The summed E-state index contributed by atoms with van der Waals surface area (Å²) < 4.78 is 21.9. The summed E-state index contributed by atoms with van der Waals surface area (Å²) in [6, 6.07) is 48.3. The van der Waals surface area contributed by atoms with Crippen molar-refractivity contribution in [3.8, 4) is 17.1 Å². The van der Waals surface area contributed by atoms with E-state index in [-0.39, 0.29) is 36.1 Å². The molecule has 0 atom stereocenters. The van der Waals surface area contributed by atoms with E-state index in [4.69, 9.17) is 78.6 Å². The van der Waals surface area contributed by atoms with E-state index in [2.05, 4.69) is 25.6 Å². The quantitative estimate of drug-likeness (QED) is 0.0398. The Morgan fingerprint density at radius 2 is 0.716 bits per heavy atom. The van der Waals surface area contributed by atoms with E-state index in [0.717, 1.165) is 16.9 Å². The van der Waals surface area contributed by atoms with Crippen molar-refractivity contribution in [3.63, 3.8) is 0 Å². The van der Waals surface area contributed by atoms with Crippen LogP contribution < -0.4 is 31.1 Å². The van der Waals surface area contributed by atoms with Crippen LogP contribution in [-0.4, -0.2) is 122 Å². The minimum absolute atomic E-state index is 0. The normalized spacial score (nSPS) is 10.9. The maximum atomic E-state index is 13.3. The fraction of sp³-hybridized carbons (Fsp3) is 0.271. The molecule has 0 radical (unpaired) electrons. The molecule has 0 saturated heterocycles. The summed E-state index contributed by atoms with van der Waals surface area (Å²) in [5.74, 6) is 0.197. The van der Waals surface area contributed by atoms with Crippen molar-refractivity contribution in [2.24, 2.45) is 0 Å². The number of carbonyl (C=O) groups excluding carboxylic acids is 5. The van der Waals surface area contributed by atoms with Gasteiger partial charge >= 0.3 is 17.9 Å².